The smallest absolute Gasteiger partial charge is 0.257 e. The highest BCUT2D eigenvalue weighted by Gasteiger charge is 2.25. The molecular weight excluding hydrogens is 430 g/mol. The topological polar surface area (TPSA) is 100 Å². The number of hydrogen-bond donors (Lipinski definition) is 1. The van der Waals surface area contributed by atoms with Gasteiger partial charge in [-0.15, -0.1) is 0 Å². The van der Waals surface area contributed by atoms with Crippen LogP contribution in [-0.2, 0) is 16.1 Å². The van der Waals surface area contributed by atoms with E-state index in [1.54, 1.807) is 36.3 Å². The monoisotopic (exact) mass is 459 g/mol. The van der Waals surface area contributed by atoms with Crippen LogP contribution in [0.3, 0.4) is 0 Å². The molecule has 1 aliphatic carbocycles. The van der Waals surface area contributed by atoms with Crippen LogP contribution in [-0.4, -0.2) is 42.1 Å². The van der Waals surface area contributed by atoms with Crippen molar-refractivity contribution in [1.29, 1.82) is 5.26 Å². The third kappa shape index (κ3) is 4.95. The number of amides is 2. The number of aromatic nitrogens is 2. The van der Waals surface area contributed by atoms with Crippen molar-refractivity contribution in [2.75, 3.05) is 31.0 Å². The number of nitrogens with zero attached hydrogens (tertiary/aromatic N) is 4. The fourth-order valence-corrected chi connectivity index (χ4v) is 4.45. The fourth-order valence-electron chi connectivity index (χ4n) is 4.45. The van der Waals surface area contributed by atoms with Crippen molar-refractivity contribution >= 4 is 34.5 Å². The molecule has 1 heterocycles. The molecule has 3 aromatic rings. The molecule has 1 saturated carbocycles. The number of nitriles is 1. The van der Waals surface area contributed by atoms with E-state index in [1.807, 2.05) is 35.9 Å². The summed E-state index contributed by atoms with van der Waals surface area (Å²) in [7, 11) is 3.44. The van der Waals surface area contributed by atoms with Crippen LogP contribution in [0.15, 0.2) is 42.5 Å². The summed E-state index contributed by atoms with van der Waals surface area (Å²) in [6.45, 7) is 0.958. The molecule has 2 aromatic carbocycles. The maximum atomic E-state index is 13.0. The first-order valence-corrected chi connectivity index (χ1v) is 11.6. The zero-order chi connectivity index (χ0) is 24.1. The Morgan fingerprint density at radius 1 is 1.18 bits per heavy atom. The van der Waals surface area contributed by atoms with E-state index in [0.717, 1.165) is 36.9 Å². The summed E-state index contributed by atoms with van der Waals surface area (Å²) in [6.07, 6.45) is 5.31. The molecule has 0 bridgehead atoms. The average Bonchev–Trinajstić information content (AvgIpc) is 3.22. The molecule has 8 nitrogen and oxygen atoms in total. The number of hydrogen-bond acceptors (Lipinski definition) is 5. The van der Waals surface area contributed by atoms with Crippen molar-refractivity contribution < 1.29 is 14.3 Å². The summed E-state index contributed by atoms with van der Waals surface area (Å²) in [4.78, 5) is 32.2. The van der Waals surface area contributed by atoms with Crippen LogP contribution in [0.1, 0.15) is 48.0 Å². The Hall–Kier alpha value is -3.70. The van der Waals surface area contributed by atoms with Crippen molar-refractivity contribution in [2.45, 2.75) is 38.6 Å². The van der Waals surface area contributed by atoms with Crippen LogP contribution in [0.5, 0.6) is 0 Å². The molecule has 34 heavy (non-hydrogen) atoms. The lowest BCUT2D eigenvalue weighted by atomic mass is 9.88. The summed E-state index contributed by atoms with van der Waals surface area (Å²) >= 11 is 0. The largest absolute Gasteiger partial charge is 0.383 e. The van der Waals surface area contributed by atoms with Crippen molar-refractivity contribution in [1.82, 2.24) is 9.55 Å². The van der Waals surface area contributed by atoms with Crippen LogP contribution in [0, 0.1) is 17.2 Å². The van der Waals surface area contributed by atoms with E-state index >= 15 is 0 Å². The highest BCUT2D eigenvalue weighted by atomic mass is 16.5. The van der Waals surface area contributed by atoms with Crippen LogP contribution < -0.4 is 10.2 Å². The summed E-state index contributed by atoms with van der Waals surface area (Å²) in [5.41, 5.74) is 3.23. The van der Waals surface area contributed by atoms with Gasteiger partial charge in [0, 0.05) is 37.9 Å². The van der Waals surface area contributed by atoms with E-state index in [4.69, 9.17) is 10.00 Å². The number of imidazole rings is 1. The van der Waals surface area contributed by atoms with Crippen LogP contribution in [0.2, 0.25) is 0 Å². The van der Waals surface area contributed by atoms with E-state index in [1.165, 1.54) is 6.42 Å². The second-order valence-corrected chi connectivity index (χ2v) is 8.63. The number of methoxy groups -OCH3 is 1. The summed E-state index contributed by atoms with van der Waals surface area (Å²) in [6, 6.07) is 14.2. The molecule has 1 aliphatic rings. The SMILES string of the molecule is COCCn1c(NC(=O)c2ccc(C#N)cc2)nc2cc(N(C)C(=O)C3CCCCC3)ccc21. The first-order valence-electron chi connectivity index (χ1n) is 11.6. The number of fused-ring (bicyclic) bond motifs is 1. The molecule has 2 amide bonds. The number of ether oxygens (including phenoxy) is 1. The molecule has 0 unspecified atom stereocenters. The van der Waals surface area contributed by atoms with Crippen molar-refractivity contribution in [3.8, 4) is 6.07 Å². The first kappa shape index (κ1) is 23.5. The molecule has 4 rings (SSSR count). The van der Waals surface area contributed by atoms with Gasteiger partial charge in [-0.3, -0.25) is 14.9 Å². The second-order valence-electron chi connectivity index (χ2n) is 8.63. The minimum atomic E-state index is -0.316. The van der Waals surface area contributed by atoms with Gasteiger partial charge in [0.05, 0.1) is 29.3 Å². The molecule has 176 valence electrons. The standard InChI is InChI=1S/C26H29N5O3/c1-30(25(33)20-6-4-3-5-7-20)21-12-13-23-22(16-21)28-26(31(23)14-15-34-2)29-24(32)19-10-8-18(17-27)9-11-19/h8-13,16,20H,3-7,14-15H2,1-2H3,(H,28,29,32). The Bertz CT molecular complexity index is 1220. The zero-order valence-corrected chi connectivity index (χ0v) is 19.6. The molecule has 0 saturated heterocycles. The van der Waals surface area contributed by atoms with Gasteiger partial charge >= 0.3 is 0 Å². The Kier molecular flexibility index (Phi) is 7.24. The molecule has 1 aromatic heterocycles. The molecule has 1 fully saturated rings. The number of nitrogens with one attached hydrogen (secondary N) is 1. The Morgan fingerprint density at radius 3 is 2.59 bits per heavy atom. The van der Waals surface area contributed by atoms with Gasteiger partial charge in [0.2, 0.25) is 11.9 Å². The highest BCUT2D eigenvalue weighted by molar-refractivity contribution is 6.04. The Labute approximate surface area is 199 Å². The van der Waals surface area contributed by atoms with Gasteiger partial charge < -0.3 is 14.2 Å². The normalized spacial score (nSPS) is 14.0. The van der Waals surface area contributed by atoms with Gasteiger partial charge in [-0.2, -0.15) is 5.26 Å². The summed E-state index contributed by atoms with van der Waals surface area (Å²) < 4.78 is 7.15. The third-order valence-corrected chi connectivity index (χ3v) is 6.42. The molecule has 0 atom stereocenters. The number of carbonyl (C=O) groups is 2. The molecule has 8 heteroatoms. The van der Waals surface area contributed by atoms with E-state index in [-0.39, 0.29) is 17.7 Å². The number of rotatable bonds is 7. The van der Waals surface area contributed by atoms with Gasteiger partial charge in [-0.05, 0) is 55.3 Å². The minimum absolute atomic E-state index is 0.0796. The maximum Gasteiger partial charge on any atom is 0.257 e. The number of carbonyl (C=O) groups excluding carboxylic acids is 2. The van der Waals surface area contributed by atoms with E-state index < -0.39 is 0 Å². The van der Waals surface area contributed by atoms with Crippen molar-refractivity contribution in [3.05, 3.63) is 53.6 Å². The first-order chi connectivity index (χ1) is 16.5. The lowest BCUT2D eigenvalue weighted by Gasteiger charge is -2.26. The minimum Gasteiger partial charge on any atom is -0.383 e. The number of anilines is 2. The van der Waals surface area contributed by atoms with E-state index in [9.17, 15) is 9.59 Å². The third-order valence-electron chi connectivity index (χ3n) is 6.42. The molecule has 0 radical (unpaired) electrons. The summed E-state index contributed by atoms with van der Waals surface area (Å²) in [5.74, 6) is 0.311. The van der Waals surface area contributed by atoms with Gasteiger partial charge in [0.1, 0.15) is 0 Å². The van der Waals surface area contributed by atoms with Gasteiger partial charge in [-0.1, -0.05) is 19.3 Å². The second kappa shape index (κ2) is 10.5. The molecule has 0 spiro atoms. The van der Waals surface area contributed by atoms with Crippen LogP contribution >= 0.6 is 0 Å². The van der Waals surface area contributed by atoms with E-state index in [0.29, 0.717) is 35.7 Å². The molecule has 1 N–H and O–H groups in total. The number of benzene rings is 2. The van der Waals surface area contributed by atoms with E-state index in [2.05, 4.69) is 10.3 Å². The maximum absolute atomic E-state index is 13.0. The van der Waals surface area contributed by atoms with Crippen LogP contribution in [0.4, 0.5) is 11.6 Å². The van der Waals surface area contributed by atoms with Crippen molar-refractivity contribution in [2.24, 2.45) is 5.92 Å². The lowest BCUT2D eigenvalue weighted by molar-refractivity contribution is -0.123. The lowest BCUT2D eigenvalue weighted by Crippen LogP contribution is -2.33. The predicted molar refractivity (Wildman–Crippen MR) is 131 cm³/mol. The average molecular weight is 460 g/mol. The highest BCUT2D eigenvalue weighted by Crippen LogP contribution is 2.29. The molecular formula is C26H29N5O3. The van der Waals surface area contributed by atoms with Gasteiger partial charge in [0.25, 0.3) is 5.91 Å². The zero-order valence-electron chi connectivity index (χ0n) is 19.6. The summed E-state index contributed by atoms with van der Waals surface area (Å²) in [5, 5.41) is 11.9. The molecule has 0 aliphatic heterocycles. The van der Waals surface area contributed by atoms with Gasteiger partial charge in [-0.25, -0.2) is 4.98 Å². The predicted octanol–water partition coefficient (Wildman–Crippen LogP) is 4.35. The fraction of sp³-hybridized carbons (Fsp3) is 0.385. The Balaban J connectivity index is 1.61. The van der Waals surface area contributed by atoms with Crippen LogP contribution in [0.25, 0.3) is 11.0 Å². The Morgan fingerprint density at radius 2 is 1.91 bits per heavy atom. The van der Waals surface area contributed by atoms with Gasteiger partial charge in [0.15, 0.2) is 0 Å². The quantitative estimate of drug-likeness (QED) is 0.566. The van der Waals surface area contributed by atoms with Crippen molar-refractivity contribution in [3.63, 3.8) is 0 Å².